The number of hydrogen-bond acceptors (Lipinski definition) is 4. The van der Waals surface area contributed by atoms with Gasteiger partial charge in [0.15, 0.2) is 0 Å². The molecule has 1 aromatic carbocycles. The van der Waals surface area contributed by atoms with Gasteiger partial charge in [-0.1, -0.05) is 18.2 Å². The standard InChI is InChI=1S/C15H17N3O/c1-10-9-17-7-5-12(10)14(18-16)13-4-2-3-11-6-8-19-15(11)13/h2-5,7,9,14,18H,6,8,16H2,1H3. The molecule has 0 fully saturated rings. The maximum absolute atomic E-state index is 5.77. The lowest BCUT2D eigenvalue weighted by Gasteiger charge is -2.20. The summed E-state index contributed by atoms with van der Waals surface area (Å²) in [4.78, 5) is 4.13. The SMILES string of the molecule is Cc1cnccc1C(NN)c1cccc2c1OCC2. The van der Waals surface area contributed by atoms with Gasteiger partial charge in [-0.3, -0.25) is 10.8 Å². The number of nitrogens with two attached hydrogens (primary N) is 1. The van der Waals surface area contributed by atoms with Crippen LogP contribution in [-0.2, 0) is 6.42 Å². The minimum absolute atomic E-state index is 0.0731. The van der Waals surface area contributed by atoms with Gasteiger partial charge in [-0.2, -0.15) is 0 Å². The second-order valence-electron chi connectivity index (χ2n) is 4.77. The van der Waals surface area contributed by atoms with Crippen LogP contribution in [0.15, 0.2) is 36.7 Å². The van der Waals surface area contributed by atoms with Crippen molar-refractivity contribution in [3.8, 4) is 5.75 Å². The fourth-order valence-electron chi connectivity index (χ4n) is 2.62. The number of rotatable bonds is 3. The van der Waals surface area contributed by atoms with E-state index < -0.39 is 0 Å². The van der Waals surface area contributed by atoms with Gasteiger partial charge in [-0.25, -0.2) is 5.43 Å². The summed E-state index contributed by atoms with van der Waals surface area (Å²) in [6, 6.07) is 8.15. The normalized spacial score (nSPS) is 14.8. The highest BCUT2D eigenvalue weighted by atomic mass is 16.5. The number of pyridine rings is 1. The zero-order valence-corrected chi connectivity index (χ0v) is 10.9. The number of aryl methyl sites for hydroxylation is 1. The van der Waals surface area contributed by atoms with Crippen LogP contribution in [0.2, 0.25) is 0 Å². The molecular weight excluding hydrogens is 238 g/mol. The highest BCUT2D eigenvalue weighted by Gasteiger charge is 2.23. The van der Waals surface area contributed by atoms with Crippen molar-refractivity contribution in [2.45, 2.75) is 19.4 Å². The average Bonchev–Trinajstić information content (AvgIpc) is 2.91. The van der Waals surface area contributed by atoms with Crippen molar-refractivity contribution in [3.63, 3.8) is 0 Å². The van der Waals surface area contributed by atoms with Gasteiger partial charge >= 0.3 is 0 Å². The first-order valence-corrected chi connectivity index (χ1v) is 6.42. The quantitative estimate of drug-likeness (QED) is 0.649. The summed E-state index contributed by atoms with van der Waals surface area (Å²) in [6.45, 7) is 2.79. The van der Waals surface area contributed by atoms with E-state index in [-0.39, 0.29) is 6.04 Å². The Morgan fingerprint density at radius 2 is 2.21 bits per heavy atom. The van der Waals surface area contributed by atoms with Crippen LogP contribution < -0.4 is 16.0 Å². The average molecular weight is 255 g/mol. The third-order valence-electron chi connectivity index (χ3n) is 3.60. The number of nitrogens with zero attached hydrogens (tertiary/aromatic N) is 1. The fourth-order valence-corrected chi connectivity index (χ4v) is 2.62. The summed E-state index contributed by atoms with van der Waals surface area (Å²) < 4.78 is 5.76. The Morgan fingerprint density at radius 1 is 1.32 bits per heavy atom. The number of ether oxygens (including phenoxy) is 1. The molecule has 0 aliphatic carbocycles. The third kappa shape index (κ3) is 2.09. The van der Waals surface area contributed by atoms with Gasteiger partial charge in [0.1, 0.15) is 5.75 Å². The van der Waals surface area contributed by atoms with Crippen molar-refractivity contribution in [1.82, 2.24) is 10.4 Å². The van der Waals surface area contributed by atoms with Crippen molar-refractivity contribution in [1.29, 1.82) is 0 Å². The Morgan fingerprint density at radius 3 is 3.00 bits per heavy atom. The van der Waals surface area contributed by atoms with Crippen LogP contribution in [0.3, 0.4) is 0 Å². The molecule has 2 heterocycles. The van der Waals surface area contributed by atoms with Gasteiger partial charge < -0.3 is 4.74 Å². The molecule has 1 aliphatic heterocycles. The molecule has 0 saturated carbocycles. The van der Waals surface area contributed by atoms with E-state index in [2.05, 4.69) is 28.6 Å². The highest BCUT2D eigenvalue weighted by Crippen LogP contribution is 2.36. The van der Waals surface area contributed by atoms with Gasteiger partial charge in [0, 0.05) is 24.4 Å². The van der Waals surface area contributed by atoms with Crippen LogP contribution in [-0.4, -0.2) is 11.6 Å². The van der Waals surface area contributed by atoms with E-state index in [9.17, 15) is 0 Å². The number of nitrogens with one attached hydrogen (secondary N) is 1. The highest BCUT2D eigenvalue weighted by molar-refractivity contribution is 5.49. The van der Waals surface area contributed by atoms with Crippen LogP contribution in [0.1, 0.15) is 28.3 Å². The lowest BCUT2D eigenvalue weighted by Crippen LogP contribution is -2.29. The second-order valence-corrected chi connectivity index (χ2v) is 4.77. The van der Waals surface area contributed by atoms with E-state index >= 15 is 0 Å². The Hall–Kier alpha value is -1.91. The molecule has 3 rings (SSSR count). The van der Waals surface area contributed by atoms with E-state index in [1.165, 1.54) is 5.56 Å². The lowest BCUT2D eigenvalue weighted by atomic mass is 9.94. The predicted molar refractivity (Wildman–Crippen MR) is 73.8 cm³/mol. The van der Waals surface area contributed by atoms with E-state index in [0.717, 1.165) is 35.5 Å². The summed E-state index contributed by atoms with van der Waals surface area (Å²) in [5.41, 5.74) is 7.48. The topological polar surface area (TPSA) is 60.2 Å². The summed E-state index contributed by atoms with van der Waals surface area (Å²) in [6.07, 6.45) is 4.61. The van der Waals surface area contributed by atoms with E-state index in [1.807, 2.05) is 19.2 Å². The molecule has 2 aromatic rings. The fraction of sp³-hybridized carbons (Fsp3) is 0.267. The van der Waals surface area contributed by atoms with E-state index in [0.29, 0.717) is 0 Å². The molecule has 0 bridgehead atoms. The predicted octanol–water partition coefficient (Wildman–Crippen LogP) is 1.88. The number of hydrogen-bond donors (Lipinski definition) is 2. The number of para-hydroxylation sites is 1. The summed E-state index contributed by atoms with van der Waals surface area (Å²) in [5.74, 6) is 6.75. The Kier molecular flexibility index (Phi) is 3.19. The number of fused-ring (bicyclic) bond motifs is 1. The van der Waals surface area contributed by atoms with Crippen LogP contribution in [0.25, 0.3) is 0 Å². The molecule has 4 heteroatoms. The molecule has 1 aromatic heterocycles. The first kappa shape index (κ1) is 12.1. The maximum atomic E-state index is 5.77. The minimum Gasteiger partial charge on any atom is -0.493 e. The third-order valence-corrected chi connectivity index (χ3v) is 3.60. The minimum atomic E-state index is -0.0731. The molecule has 0 amide bonds. The smallest absolute Gasteiger partial charge is 0.127 e. The van der Waals surface area contributed by atoms with Gasteiger partial charge in [0.05, 0.1) is 12.6 Å². The van der Waals surface area contributed by atoms with Gasteiger partial charge in [-0.15, -0.1) is 0 Å². The first-order valence-electron chi connectivity index (χ1n) is 6.42. The van der Waals surface area contributed by atoms with Crippen molar-refractivity contribution in [2.75, 3.05) is 6.61 Å². The van der Waals surface area contributed by atoms with Gasteiger partial charge in [0.2, 0.25) is 0 Å². The molecule has 4 nitrogen and oxygen atoms in total. The molecule has 98 valence electrons. The molecule has 19 heavy (non-hydrogen) atoms. The molecule has 1 atom stereocenters. The van der Waals surface area contributed by atoms with E-state index in [1.54, 1.807) is 6.20 Å². The van der Waals surface area contributed by atoms with Crippen molar-refractivity contribution >= 4 is 0 Å². The Bertz CT molecular complexity index is 598. The van der Waals surface area contributed by atoms with Gasteiger partial charge in [0.25, 0.3) is 0 Å². The first-order chi connectivity index (χ1) is 9.31. The summed E-state index contributed by atoms with van der Waals surface area (Å²) in [5, 5.41) is 0. The van der Waals surface area contributed by atoms with Crippen LogP contribution in [0, 0.1) is 6.92 Å². The molecule has 3 N–H and O–H groups in total. The largest absolute Gasteiger partial charge is 0.493 e. The second kappa shape index (κ2) is 4.99. The molecule has 0 spiro atoms. The zero-order chi connectivity index (χ0) is 13.2. The Balaban J connectivity index is 2.09. The maximum Gasteiger partial charge on any atom is 0.127 e. The summed E-state index contributed by atoms with van der Waals surface area (Å²) >= 11 is 0. The lowest BCUT2D eigenvalue weighted by molar-refractivity contribution is 0.350. The molecule has 1 aliphatic rings. The van der Waals surface area contributed by atoms with Crippen LogP contribution in [0.4, 0.5) is 0 Å². The van der Waals surface area contributed by atoms with Crippen LogP contribution >= 0.6 is 0 Å². The zero-order valence-electron chi connectivity index (χ0n) is 10.9. The van der Waals surface area contributed by atoms with E-state index in [4.69, 9.17) is 10.6 Å². The molecular formula is C15H17N3O. The number of hydrazine groups is 1. The number of benzene rings is 1. The van der Waals surface area contributed by atoms with Gasteiger partial charge in [-0.05, 0) is 29.7 Å². The molecule has 0 saturated heterocycles. The Labute approximate surface area is 112 Å². The van der Waals surface area contributed by atoms with Crippen molar-refractivity contribution in [2.24, 2.45) is 5.84 Å². The monoisotopic (exact) mass is 255 g/mol. The molecule has 0 radical (unpaired) electrons. The van der Waals surface area contributed by atoms with Crippen LogP contribution in [0.5, 0.6) is 5.75 Å². The number of aromatic nitrogens is 1. The van der Waals surface area contributed by atoms with Crippen molar-refractivity contribution < 1.29 is 4.74 Å². The summed E-state index contributed by atoms with van der Waals surface area (Å²) in [7, 11) is 0. The van der Waals surface area contributed by atoms with Crippen molar-refractivity contribution in [3.05, 3.63) is 58.9 Å². The molecule has 1 unspecified atom stereocenters.